The van der Waals surface area contributed by atoms with E-state index >= 15 is 0 Å². The first-order valence-electron chi connectivity index (χ1n) is 4.73. The van der Waals surface area contributed by atoms with Gasteiger partial charge in [-0.3, -0.25) is 4.98 Å². The van der Waals surface area contributed by atoms with Crippen molar-refractivity contribution in [1.29, 1.82) is 0 Å². The third-order valence-electron chi connectivity index (χ3n) is 2.06. The number of pyridine rings is 1. The molecule has 0 bridgehead atoms. The van der Waals surface area contributed by atoms with Crippen LogP contribution in [-0.4, -0.2) is 4.98 Å². The minimum absolute atomic E-state index is 0.380. The zero-order valence-electron chi connectivity index (χ0n) is 8.36. The molecule has 4 heteroatoms. The molecule has 1 aromatic heterocycles. The summed E-state index contributed by atoms with van der Waals surface area (Å²) in [6.07, 6.45) is 3.34. The van der Waals surface area contributed by atoms with Gasteiger partial charge in [0.05, 0.1) is 16.2 Å². The van der Waals surface area contributed by atoms with Crippen molar-refractivity contribution in [2.24, 2.45) is 0 Å². The van der Waals surface area contributed by atoms with Crippen molar-refractivity contribution in [3.8, 4) is 5.75 Å². The molecule has 0 unspecified atom stereocenters. The summed E-state index contributed by atoms with van der Waals surface area (Å²) in [6.45, 7) is 0.380. The fourth-order valence-corrected chi connectivity index (χ4v) is 1.63. The van der Waals surface area contributed by atoms with Crippen LogP contribution >= 0.6 is 23.2 Å². The van der Waals surface area contributed by atoms with Gasteiger partial charge in [0.15, 0.2) is 0 Å². The number of hydrogen-bond donors (Lipinski definition) is 0. The molecule has 1 aromatic carbocycles. The van der Waals surface area contributed by atoms with Crippen LogP contribution in [0, 0.1) is 0 Å². The molecule has 0 fully saturated rings. The van der Waals surface area contributed by atoms with Gasteiger partial charge < -0.3 is 4.74 Å². The lowest BCUT2D eigenvalue weighted by Crippen LogP contribution is -1.96. The van der Waals surface area contributed by atoms with E-state index in [9.17, 15) is 0 Å². The van der Waals surface area contributed by atoms with Gasteiger partial charge in [-0.25, -0.2) is 0 Å². The number of hydrogen-bond acceptors (Lipinski definition) is 2. The Labute approximate surface area is 104 Å². The van der Waals surface area contributed by atoms with Crippen molar-refractivity contribution in [1.82, 2.24) is 4.98 Å². The van der Waals surface area contributed by atoms with Gasteiger partial charge in [-0.2, -0.15) is 0 Å². The number of benzene rings is 1. The van der Waals surface area contributed by atoms with Crippen LogP contribution < -0.4 is 4.74 Å². The van der Waals surface area contributed by atoms with E-state index in [4.69, 9.17) is 27.9 Å². The third-order valence-corrected chi connectivity index (χ3v) is 2.92. The lowest BCUT2D eigenvalue weighted by atomic mass is 10.2. The number of ether oxygens (including phenoxy) is 1. The first kappa shape index (κ1) is 11.2. The Hall–Kier alpha value is -1.25. The third kappa shape index (κ3) is 2.65. The molecule has 2 rings (SSSR count). The smallest absolute Gasteiger partial charge is 0.138 e. The average molecular weight is 254 g/mol. The Kier molecular flexibility index (Phi) is 3.65. The zero-order valence-corrected chi connectivity index (χ0v) is 9.87. The molecule has 0 aliphatic rings. The van der Waals surface area contributed by atoms with Crippen molar-refractivity contribution >= 4 is 23.2 Å². The molecule has 16 heavy (non-hydrogen) atoms. The van der Waals surface area contributed by atoms with Gasteiger partial charge in [0.2, 0.25) is 0 Å². The molecule has 0 atom stereocenters. The molecule has 0 N–H and O–H groups in total. The molecule has 2 aromatic rings. The van der Waals surface area contributed by atoms with Crippen molar-refractivity contribution in [2.45, 2.75) is 6.61 Å². The fraction of sp³-hybridized carbons (Fsp3) is 0.0833. The van der Waals surface area contributed by atoms with Crippen LogP contribution in [0.15, 0.2) is 42.7 Å². The van der Waals surface area contributed by atoms with E-state index < -0.39 is 0 Å². The molecule has 0 spiro atoms. The van der Waals surface area contributed by atoms with Crippen LogP contribution in [0.1, 0.15) is 5.56 Å². The summed E-state index contributed by atoms with van der Waals surface area (Å²) < 4.78 is 5.52. The Morgan fingerprint density at radius 2 is 2.00 bits per heavy atom. The highest BCUT2D eigenvalue weighted by Gasteiger charge is 2.04. The van der Waals surface area contributed by atoms with Gasteiger partial charge in [-0.1, -0.05) is 35.3 Å². The van der Waals surface area contributed by atoms with Crippen LogP contribution in [0.3, 0.4) is 0 Å². The lowest BCUT2D eigenvalue weighted by molar-refractivity contribution is 0.305. The molecule has 1 heterocycles. The number of nitrogens with zero attached hydrogens (tertiary/aromatic N) is 1. The van der Waals surface area contributed by atoms with Crippen molar-refractivity contribution < 1.29 is 4.74 Å². The van der Waals surface area contributed by atoms with Gasteiger partial charge in [-0.15, -0.1) is 0 Å². The van der Waals surface area contributed by atoms with E-state index in [1.807, 2.05) is 24.3 Å². The van der Waals surface area contributed by atoms with Crippen LogP contribution in [0.25, 0.3) is 0 Å². The summed E-state index contributed by atoms with van der Waals surface area (Å²) in [4.78, 5) is 3.95. The second-order valence-corrected chi connectivity index (χ2v) is 3.98. The van der Waals surface area contributed by atoms with Gasteiger partial charge in [0.25, 0.3) is 0 Å². The van der Waals surface area contributed by atoms with E-state index in [0.717, 1.165) is 5.56 Å². The van der Waals surface area contributed by atoms with Crippen LogP contribution in [0.5, 0.6) is 5.75 Å². The van der Waals surface area contributed by atoms with E-state index in [-0.39, 0.29) is 0 Å². The minimum Gasteiger partial charge on any atom is -0.487 e. The molecule has 0 radical (unpaired) electrons. The number of rotatable bonds is 3. The van der Waals surface area contributed by atoms with Crippen LogP contribution in [0.2, 0.25) is 10.0 Å². The molecule has 0 amide bonds. The summed E-state index contributed by atoms with van der Waals surface area (Å²) in [7, 11) is 0. The Balaban J connectivity index is 2.08. The summed E-state index contributed by atoms with van der Waals surface area (Å²) in [5, 5.41) is 1.07. The number of halogens is 2. The van der Waals surface area contributed by atoms with E-state index in [1.54, 1.807) is 18.5 Å². The zero-order chi connectivity index (χ0) is 11.4. The largest absolute Gasteiger partial charge is 0.487 e. The molecule has 82 valence electrons. The fourth-order valence-electron chi connectivity index (χ4n) is 1.25. The van der Waals surface area contributed by atoms with Crippen LogP contribution in [-0.2, 0) is 6.61 Å². The minimum atomic E-state index is 0.380. The summed E-state index contributed by atoms with van der Waals surface area (Å²) in [5.41, 5.74) is 0.859. The lowest BCUT2D eigenvalue weighted by Gasteiger charge is -2.07. The molecule has 0 saturated carbocycles. The highest BCUT2D eigenvalue weighted by Crippen LogP contribution is 2.26. The van der Waals surface area contributed by atoms with Gasteiger partial charge >= 0.3 is 0 Å². The predicted molar refractivity (Wildman–Crippen MR) is 65.0 cm³/mol. The van der Waals surface area contributed by atoms with E-state index in [0.29, 0.717) is 22.4 Å². The quantitative estimate of drug-likeness (QED) is 0.826. The highest BCUT2D eigenvalue weighted by molar-refractivity contribution is 6.42. The topological polar surface area (TPSA) is 22.1 Å². The molecule has 0 aliphatic carbocycles. The Bertz CT molecular complexity index is 474. The first-order valence-corrected chi connectivity index (χ1v) is 5.48. The standard InChI is InChI=1S/C12H9Cl2NO/c13-11-5-1-3-9(12(11)14)8-16-10-4-2-6-15-7-10/h1-7H,8H2. The Morgan fingerprint density at radius 1 is 1.12 bits per heavy atom. The molecule has 0 saturated heterocycles. The number of aromatic nitrogens is 1. The molecule has 0 aliphatic heterocycles. The second-order valence-electron chi connectivity index (χ2n) is 3.19. The monoisotopic (exact) mass is 253 g/mol. The average Bonchev–Trinajstić information content (AvgIpc) is 2.32. The first-order chi connectivity index (χ1) is 7.77. The van der Waals surface area contributed by atoms with Gasteiger partial charge in [0, 0.05) is 11.8 Å². The molecule has 2 nitrogen and oxygen atoms in total. The van der Waals surface area contributed by atoms with Gasteiger partial charge in [0.1, 0.15) is 12.4 Å². The van der Waals surface area contributed by atoms with Crippen molar-refractivity contribution in [2.75, 3.05) is 0 Å². The normalized spacial score (nSPS) is 10.1. The summed E-state index contributed by atoms with van der Waals surface area (Å²) in [6, 6.07) is 9.12. The summed E-state index contributed by atoms with van der Waals surface area (Å²) >= 11 is 11.9. The maximum atomic E-state index is 6.03. The van der Waals surface area contributed by atoms with Crippen LogP contribution in [0.4, 0.5) is 0 Å². The molecular formula is C12H9Cl2NO. The van der Waals surface area contributed by atoms with Crippen molar-refractivity contribution in [3.05, 3.63) is 58.3 Å². The highest BCUT2D eigenvalue weighted by atomic mass is 35.5. The van der Waals surface area contributed by atoms with Crippen molar-refractivity contribution in [3.63, 3.8) is 0 Å². The maximum Gasteiger partial charge on any atom is 0.138 e. The molecular weight excluding hydrogens is 245 g/mol. The second kappa shape index (κ2) is 5.19. The van der Waals surface area contributed by atoms with Gasteiger partial charge in [-0.05, 0) is 18.2 Å². The SMILES string of the molecule is Clc1cccc(COc2cccnc2)c1Cl. The Morgan fingerprint density at radius 3 is 2.75 bits per heavy atom. The summed E-state index contributed by atoms with van der Waals surface area (Å²) in [5.74, 6) is 0.707. The predicted octanol–water partition coefficient (Wildman–Crippen LogP) is 3.97. The van der Waals surface area contributed by atoms with E-state index in [2.05, 4.69) is 4.98 Å². The van der Waals surface area contributed by atoms with E-state index in [1.165, 1.54) is 0 Å². The maximum absolute atomic E-state index is 6.03.